The lowest BCUT2D eigenvalue weighted by atomic mass is 9.76. The van der Waals surface area contributed by atoms with Crippen molar-refractivity contribution in [2.75, 3.05) is 31.1 Å². The van der Waals surface area contributed by atoms with Crippen molar-refractivity contribution in [3.63, 3.8) is 0 Å². The normalized spacial score (nSPS) is 21.6. The van der Waals surface area contributed by atoms with E-state index in [2.05, 4.69) is 11.2 Å². The number of piperidine rings is 1. The second-order valence-electron chi connectivity index (χ2n) is 5.35. The van der Waals surface area contributed by atoms with Gasteiger partial charge in [-0.05, 0) is 19.3 Å². The molecule has 2 amide bonds. The Bertz CT molecular complexity index is 404. The Morgan fingerprint density at radius 3 is 2.90 bits per heavy atom. The molecule has 118 valence electrons. The zero-order valence-electron chi connectivity index (χ0n) is 12.6. The van der Waals surface area contributed by atoms with Crippen LogP contribution in [0.4, 0.5) is 4.79 Å². The van der Waals surface area contributed by atoms with Gasteiger partial charge in [0.25, 0.3) is 0 Å². The van der Waals surface area contributed by atoms with Crippen LogP contribution in [-0.4, -0.2) is 53.1 Å². The van der Waals surface area contributed by atoms with Gasteiger partial charge in [0.2, 0.25) is 0 Å². The average molecular weight is 312 g/mol. The molecule has 21 heavy (non-hydrogen) atoms. The smallest absolute Gasteiger partial charge is 0.317 e. The number of carboxylic acid groups (broad SMARTS) is 1. The number of carbonyl (C=O) groups is 2. The number of nitrogens with one attached hydrogen (secondary N) is 1. The molecular weight excluding hydrogens is 288 g/mol. The molecule has 0 radical (unpaired) electrons. The third-order valence-electron chi connectivity index (χ3n) is 3.75. The van der Waals surface area contributed by atoms with E-state index in [1.54, 1.807) is 16.7 Å². The molecule has 0 aromatic heterocycles. The number of likely N-dealkylation sites (tertiary alicyclic amines) is 1. The number of carbonyl (C=O) groups excluding carboxylic acids is 1. The molecule has 0 saturated carbocycles. The van der Waals surface area contributed by atoms with Crippen molar-refractivity contribution in [2.24, 2.45) is 5.41 Å². The standard InChI is InChI=1S/C15H24N2O3S/c1-3-6-15(13(18)19)7-5-9-17(12-15)14(20)16-8-11-21-10-4-2/h2H,3,5-12H2,1H3,(H,16,20)(H,18,19). The van der Waals surface area contributed by atoms with Crippen LogP contribution >= 0.6 is 11.8 Å². The number of carboxylic acids is 1. The first-order valence-corrected chi connectivity index (χ1v) is 8.48. The number of terminal acetylenes is 1. The van der Waals surface area contributed by atoms with Crippen LogP contribution in [0.5, 0.6) is 0 Å². The predicted molar refractivity (Wildman–Crippen MR) is 85.3 cm³/mol. The van der Waals surface area contributed by atoms with Gasteiger partial charge < -0.3 is 15.3 Å². The number of amides is 2. The Balaban J connectivity index is 2.49. The summed E-state index contributed by atoms with van der Waals surface area (Å²) in [4.78, 5) is 25.3. The highest BCUT2D eigenvalue weighted by atomic mass is 32.2. The lowest BCUT2D eigenvalue weighted by Gasteiger charge is -2.39. The van der Waals surface area contributed by atoms with Gasteiger partial charge in [-0.1, -0.05) is 19.3 Å². The number of urea groups is 1. The van der Waals surface area contributed by atoms with Crippen molar-refractivity contribution < 1.29 is 14.7 Å². The van der Waals surface area contributed by atoms with Gasteiger partial charge in [-0.3, -0.25) is 4.79 Å². The number of hydrogen-bond acceptors (Lipinski definition) is 3. The van der Waals surface area contributed by atoms with Gasteiger partial charge in [-0.2, -0.15) is 0 Å². The van der Waals surface area contributed by atoms with Crippen LogP contribution in [0.25, 0.3) is 0 Å². The van der Waals surface area contributed by atoms with Crippen LogP contribution in [0, 0.1) is 17.8 Å². The zero-order valence-corrected chi connectivity index (χ0v) is 13.4. The Hall–Kier alpha value is -1.35. The molecule has 0 aromatic rings. The third-order valence-corrected chi connectivity index (χ3v) is 4.62. The fourth-order valence-corrected chi connectivity index (χ4v) is 3.25. The fourth-order valence-electron chi connectivity index (χ4n) is 2.74. The molecule has 0 spiro atoms. The van der Waals surface area contributed by atoms with E-state index in [1.165, 1.54) is 0 Å². The molecule has 1 saturated heterocycles. The predicted octanol–water partition coefficient (Wildman–Crippen LogP) is 2.03. The fraction of sp³-hybridized carbons (Fsp3) is 0.733. The number of rotatable bonds is 7. The molecular formula is C15H24N2O3S. The summed E-state index contributed by atoms with van der Waals surface area (Å²) in [5, 5.41) is 12.3. The molecule has 1 atom stereocenters. The molecule has 0 bridgehead atoms. The lowest BCUT2D eigenvalue weighted by molar-refractivity contribution is -0.152. The maximum absolute atomic E-state index is 12.1. The highest BCUT2D eigenvalue weighted by Gasteiger charge is 2.42. The second-order valence-corrected chi connectivity index (χ2v) is 6.45. The van der Waals surface area contributed by atoms with E-state index in [-0.39, 0.29) is 6.03 Å². The molecule has 5 nitrogen and oxygen atoms in total. The lowest BCUT2D eigenvalue weighted by Crippen LogP contribution is -2.52. The third kappa shape index (κ3) is 5.16. The number of thioether (sulfide) groups is 1. The van der Waals surface area contributed by atoms with Gasteiger partial charge in [0, 0.05) is 25.4 Å². The van der Waals surface area contributed by atoms with Crippen LogP contribution in [0.15, 0.2) is 0 Å². The highest BCUT2D eigenvalue weighted by molar-refractivity contribution is 7.99. The molecule has 0 aliphatic carbocycles. The van der Waals surface area contributed by atoms with Gasteiger partial charge in [0.05, 0.1) is 11.2 Å². The van der Waals surface area contributed by atoms with Gasteiger partial charge in [0.15, 0.2) is 0 Å². The summed E-state index contributed by atoms with van der Waals surface area (Å²) in [5.74, 6) is 3.15. The Morgan fingerprint density at radius 1 is 1.52 bits per heavy atom. The molecule has 1 unspecified atom stereocenters. The molecule has 2 N–H and O–H groups in total. The SMILES string of the molecule is C#CCSCCNC(=O)N1CCCC(CCC)(C(=O)O)C1. The summed E-state index contributed by atoms with van der Waals surface area (Å²) in [6, 6.07) is -0.169. The summed E-state index contributed by atoms with van der Waals surface area (Å²) in [6.45, 7) is 3.46. The monoisotopic (exact) mass is 312 g/mol. The molecule has 6 heteroatoms. The first kappa shape index (κ1) is 17.7. The minimum Gasteiger partial charge on any atom is -0.481 e. The van der Waals surface area contributed by atoms with Crippen molar-refractivity contribution in [1.29, 1.82) is 0 Å². The van der Waals surface area contributed by atoms with Crippen molar-refractivity contribution in [3.8, 4) is 12.3 Å². The summed E-state index contributed by atoms with van der Waals surface area (Å²) in [7, 11) is 0. The van der Waals surface area contributed by atoms with Crippen LogP contribution in [0.1, 0.15) is 32.6 Å². The Morgan fingerprint density at radius 2 is 2.29 bits per heavy atom. The van der Waals surface area contributed by atoms with Crippen LogP contribution < -0.4 is 5.32 Å². The van der Waals surface area contributed by atoms with Crippen LogP contribution in [0.2, 0.25) is 0 Å². The number of nitrogens with zero attached hydrogens (tertiary/aromatic N) is 1. The molecule has 1 rings (SSSR count). The van der Waals surface area contributed by atoms with E-state index >= 15 is 0 Å². The highest BCUT2D eigenvalue weighted by Crippen LogP contribution is 2.35. The topological polar surface area (TPSA) is 69.6 Å². The summed E-state index contributed by atoms with van der Waals surface area (Å²) in [5.41, 5.74) is -0.775. The second kappa shape index (κ2) is 8.83. The van der Waals surface area contributed by atoms with E-state index in [0.29, 0.717) is 38.2 Å². The van der Waals surface area contributed by atoms with E-state index < -0.39 is 11.4 Å². The Labute approximate surface area is 130 Å². The molecule has 1 fully saturated rings. The number of hydrogen-bond donors (Lipinski definition) is 2. The van der Waals surface area contributed by atoms with Gasteiger partial charge >= 0.3 is 12.0 Å². The number of aliphatic carboxylic acids is 1. The van der Waals surface area contributed by atoms with Gasteiger partial charge in [-0.15, -0.1) is 18.2 Å². The maximum atomic E-state index is 12.1. The van der Waals surface area contributed by atoms with Crippen molar-refractivity contribution in [3.05, 3.63) is 0 Å². The van der Waals surface area contributed by atoms with Crippen LogP contribution in [-0.2, 0) is 4.79 Å². The summed E-state index contributed by atoms with van der Waals surface area (Å²) in [6.07, 6.45) is 7.97. The van der Waals surface area contributed by atoms with Crippen molar-refractivity contribution >= 4 is 23.8 Å². The first-order chi connectivity index (χ1) is 10.1. The summed E-state index contributed by atoms with van der Waals surface area (Å²) >= 11 is 1.59. The maximum Gasteiger partial charge on any atom is 0.317 e. The zero-order chi connectivity index (χ0) is 15.7. The molecule has 0 aromatic carbocycles. The minimum absolute atomic E-state index is 0.169. The average Bonchev–Trinajstić information content (AvgIpc) is 2.47. The molecule has 1 aliphatic rings. The van der Waals surface area contributed by atoms with E-state index in [1.807, 2.05) is 6.92 Å². The van der Waals surface area contributed by atoms with E-state index in [9.17, 15) is 14.7 Å². The molecule has 1 aliphatic heterocycles. The first-order valence-electron chi connectivity index (χ1n) is 7.33. The van der Waals surface area contributed by atoms with Crippen LogP contribution in [0.3, 0.4) is 0 Å². The van der Waals surface area contributed by atoms with Gasteiger partial charge in [-0.25, -0.2) is 4.79 Å². The largest absolute Gasteiger partial charge is 0.481 e. The quantitative estimate of drug-likeness (QED) is 0.557. The van der Waals surface area contributed by atoms with E-state index in [0.717, 1.165) is 18.6 Å². The van der Waals surface area contributed by atoms with Crippen molar-refractivity contribution in [1.82, 2.24) is 10.2 Å². The minimum atomic E-state index is -0.786. The Kier molecular flexibility index (Phi) is 7.44. The van der Waals surface area contributed by atoms with Gasteiger partial charge in [0.1, 0.15) is 0 Å². The van der Waals surface area contributed by atoms with Crippen molar-refractivity contribution in [2.45, 2.75) is 32.6 Å². The molecule has 1 heterocycles. The van der Waals surface area contributed by atoms with E-state index in [4.69, 9.17) is 6.42 Å². The summed E-state index contributed by atoms with van der Waals surface area (Å²) < 4.78 is 0.